The molecule has 1 aliphatic heterocycles. The Bertz CT molecular complexity index is 642. The zero-order chi connectivity index (χ0) is 15.7. The fourth-order valence-corrected chi connectivity index (χ4v) is 3.27. The quantitative estimate of drug-likeness (QED) is 0.922. The van der Waals surface area contributed by atoms with Crippen LogP contribution in [0.25, 0.3) is 0 Å². The Kier molecular flexibility index (Phi) is 4.00. The first kappa shape index (κ1) is 14.8. The van der Waals surface area contributed by atoms with Crippen molar-refractivity contribution in [2.75, 3.05) is 17.2 Å². The van der Waals surface area contributed by atoms with Crippen molar-refractivity contribution in [3.8, 4) is 0 Å². The van der Waals surface area contributed by atoms with Crippen LogP contribution in [0.15, 0.2) is 12.3 Å². The molecular weight excluding hydrogens is 276 g/mol. The Balaban J connectivity index is 2.02. The number of anilines is 2. The predicted octanol–water partition coefficient (Wildman–Crippen LogP) is 2.53. The van der Waals surface area contributed by atoms with Crippen LogP contribution < -0.4 is 10.6 Å². The van der Waals surface area contributed by atoms with Gasteiger partial charge in [0.2, 0.25) is 5.95 Å². The molecule has 22 heavy (non-hydrogen) atoms. The van der Waals surface area contributed by atoms with Crippen LogP contribution >= 0.6 is 0 Å². The normalized spacial score (nSPS) is 19.2. The van der Waals surface area contributed by atoms with Crippen molar-refractivity contribution in [1.82, 2.24) is 19.7 Å². The number of hydrogen-bond donors (Lipinski definition) is 1. The summed E-state index contributed by atoms with van der Waals surface area (Å²) in [4.78, 5) is 11.0. The number of nitrogen functional groups attached to an aromatic ring is 1. The molecule has 118 valence electrons. The van der Waals surface area contributed by atoms with Crippen LogP contribution in [0.4, 0.5) is 11.8 Å². The molecule has 0 saturated carbocycles. The summed E-state index contributed by atoms with van der Waals surface area (Å²) < 4.78 is 1.94. The molecule has 1 fully saturated rings. The van der Waals surface area contributed by atoms with Gasteiger partial charge in [0.1, 0.15) is 5.82 Å². The van der Waals surface area contributed by atoms with Crippen LogP contribution in [0.5, 0.6) is 0 Å². The Labute approximate surface area is 131 Å². The van der Waals surface area contributed by atoms with Gasteiger partial charge in [0, 0.05) is 36.6 Å². The molecule has 6 nitrogen and oxygen atoms in total. The number of aromatic nitrogens is 4. The van der Waals surface area contributed by atoms with Gasteiger partial charge in [0.25, 0.3) is 0 Å². The van der Waals surface area contributed by atoms with Crippen molar-refractivity contribution in [3.63, 3.8) is 0 Å². The van der Waals surface area contributed by atoms with Gasteiger partial charge in [-0.1, -0.05) is 12.8 Å². The lowest BCUT2D eigenvalue weighted by Gasteiger charge is -2.31. The molecule has 0 spiro atoms. The topological polar surface area (TPSA) is 72.9 Å². The molecule has 0 aliphatic carbocycles. The lowest BCUT2D eigenvalue weighted by Crippen LogP contribution is -2.30. The SMILES string of the molecule is Cc1cc(N2CCCCCC2c2cnn(C)c2C)nc(N)n1. The highest BCUT2D eigenvalue weighted by molar-refractivity contribution is 5.46. The molecule has 1 saturated heterocycles. The minimum atomic E-state index is 0.310. The third-order valence-corrected chi connectivity index (χ3v) is 4.54. The summed E-state index contributed by atoms with van der Waals surface area (Å²) in [5.74, 6) is 1.28. The molecule has 1 atom stereocenters. The highest BCUT2D eigenvalue weighted by atomic mass is 15.3. The number of rotatable bonds is 2. The zero-order valence-corrected chi connectivity index (χ0v) is 13.6. The van der Waals surface area contributed by atoms with Crippen molar-refractivity contribution in [2.45, 2.75) is 45.6 Å². The maximum atomic E-state index is 5.86. The molecule has 3 rings (SSSR count). The number of hydrogen-bond acceptors (Lipinski definition) is 5. The molecule has 6 heteroatoms. The molecule has 0 amide bonds. The minimum Gasteiger partial charge on any atom is -0.368 e. The van der Waals surface area contributed by atoms with Crippen molar-refractivity contribution in [1.29, 1.82) is 0 Å². The Morgan fingerprint density at radius 3 is 2.68 bits per heavy atom. The second-order valence-electron chi connectivity index (χ2n) is 6.09. The van der Waals surface area contributed by atoms with Gasteiger partial charge in [-0.15, -0.1) is 0 Å². The Morgan fingerprint density at radius 2 is 2.00 bits per heavy atom. The van der Waals surface area contributed by atoms with E-state index >= 15 is 0 Å². The van der Waals surface area contributed by atoms with Crippen molar-refractivity contribution >= 4 is 11.8 Å². The van der Waals surface area contributed by atoms with Gasteiger partial charge in [-0.2, -0.15) is 10.1 Å². The van der Waals surface area contributed by atoms with E-state index in [9.17, 15) is 0 Å². The first-order chi connectivity index (χ1) is 10.6. The zero-order valence-electron chi connectivity index (χ0n) is 13.6. The molecule has 2 aromatic heterocycles. The average molecular weight is 300 g/mol. The number of nitrogens with two attached hydrogens (primary N) is 1. The highest BCUT2D eigenvalue weighted by Crippen LogP contribution is 2.34. The molecule has 3 heterocycles. The van der Waals surface area contributed by atoms with E-state index in [0.29, 0.717) is 12.0 Å². The van der Waals surface area contributed by atoms with Crippen LogP contribution in [0, 0.1) is 13.8 Å². The van der Waals surface area contributed by atoms with Gasteiger partial charge in [-0.3, -0.25) is 4.68 Å². The molecule has 0 bridgehead atoms. The van der Waals surface area contributed by atoms with Gasteiger partial charge in [0.05, 0.1) is 12.2 Å². The molecule has 0 aromatic carbocycles. The molecule has 2 N–H and O–H groups in total. The Morgan fingerprint density at radius 1 is 1.18 bits per heavy atom. The van der Waals surface area contributed by atoms with E-state index in [4.69, 9.17) is 5.73 Å². The standard InChI is InChI=1S/C16H24N6/c1-11-9-15(20-16(17)19-11)22-8-6-4-5-7-14(22)13-10-18-21(3)12(13)2/h9-10,14H,4-8H2,1-3H3,(H2,17,19,20). The molecular formula is C16H24N6. The maximum Gasteiger partial charge on any atom is 0.222 e. The Hall–Kier alpha value is -2.11. The van der Waals surface area contributed by atoms with Crippen LogP contribution in [0.3, 0.4) is 0 Å². The average Bonchev–Trinajstić information content (AvgIpc) is 2.68. The van der Waals surface area contributed by atoms with Gasteiger partial charge < -0.3 is 10.6 Å². The fraction of sp³-hybridized carbons (Fsp3) is 0.562. The van der Waals surface area contributed by atoms with Crippen LogP contribution in [0.2, 0.25) is 0 Å². The van der Waals surface area contributed by atoms with Crippen molar-refractivity contribution in [2.24, 2.45) is 7.05 Å². The first-order valence-electron chi connectivity index (χ1n) is 7.92. The van der Waals surface area contributed by atoms with E-state index in [2.05, 4.69) is 26.9 Å². The monoisotopic (exact) mass is 300 g/mol. The van der Waals surface area contributed by atoms with Crippen molar-refractivity contribution in [3.05, 3.63) is 29.2 Å². The predicted molar refractivity (Wildman–Crippen MR) is 87.7 cm³/mol. The maximum absolute atomic E-state index is 5.86. The summed E-state index contributed by atoms with van der Waals surface area (Å²) in [6, 6.07) is 2.34. The molecule has 2 aromatic rings. The second-order valence-corrected chi connectivity index (χ2v) is 6.09. The van der Waals surface area contributed by atoms with Crippen LogP contribution in [-0.4, -0.2) is 26.3 Å². The molecule has 0 radical (unpaired) electrons. The van der Waals surface area contributed by atoms with Crippen molar-refractivity contribution < 1.29 is 0 Å². The van der Waals surface area contributed by atoms with E-state index in [1.807, 2.05) is 30.9 Å². The largest absolute Gasteiger partial charge is 0.368 e. The summed E-state index contributed by atoms with van der Waals surface area (Å²) in [5.41, 5.74) is 9.28. The third kappa shape index (κ3) is 2.77. The van der Waals surface area contributed by atoms with Crippen LogP contribution in [0.1, 0.15) is 48.7 Å². The van der Waals surface area contributed by atoms with E-state index in [0.717, 1.165) is 24.5 Å². The summed E-state index contributed by atoms with van der Waals surface area (Å²) >= 11 is 0. The van der Waals surface area contributed by atoms with E-state index in [-0.39, 0.29) is 0 Å². The minimum absolute atomic E-state index is 0.310. The summed E-state index contributed by atoms with van der Waals surface area (Å²) in [7, 11) is 1.99. The highest BCUT2D eigenvalue weighted by Gasteiger charge is 2.27. The van der Waals surface area contributed by atoms with Gasteiger partial charge in [-0.05, 0) is 26.7 Å². The van der Waals surface area contributed by atoms with Gasteiger partial charge >= 0.3 is 0 Å². The summed E-state index contributed by atoms with van der Waals surface area (Å²) in [6.07, 6.45) is 6.78. The number of aryl methyl sites for hydroxylation is 2. The lowest BCUT2D eigenvalue weighted by atomic mass is 10.0. The van der Waals surface area contributed by atoms with Crippen LogP contribution in [-0.2, 0) is 7.05 Å². The smallest absolute Gasteiger partial charge is 0.222 e. The van der Waals surface area contributed by atoms with Gasteiger partial charge in [-0.25, -0.2) is 4.98 Å². The third-order valence-electron chi connectivity index (χ3n) is 4.54. The van der Waals surface area contributed by atoms with E-state index in [1.165, 1.54) is 30.5 Å². The lowest BCUT2D eigenvalue weighted by molar-refractivity contribution is 0.591. The summed E-state index contributed by atoms with van der Waals surface area (Å²) in [5, 5.41) is 4.42. The first-order valence-corrected chi connectivity index (χ1v) is 7.92. The number of nitrogens with zero attached hydrogens (tertiary/aromatic N) is 5. The van der Waals surface area contributed by atoms with Gasteiger partial charge in [0.15, 0.2) is 0 Å². The second kappa shape index (κ2) is 5.94. The summed E-state index contributed by atoms with van der Waals surface area (Å²) in [6.45, 7) is 5.09. The molecule has 1 unspecified atom stereocenters. The fourth-order valence-electron chi connectivity index (χ4n) is 3.27. The molecule has 1 aliphatic rings. The van der Waals surface area contributed by atoms with E-state index < -0.39 is 0 Å². The van der Waals surface area contributed by atoms with E-state index in [1.54, 1.807) is 0 Å².